The van der Waals surface area contributed by atoms with Crippen molar-refractivity contribution in [3.05, 3.63) is 76.7 Å². The van der Waals surface area contributed by atoms with E-state index in [1.165, 1.54) is 19.2 Å². The summed E-state index contributed by atoms with van der Waals surface area (Å²) in [5, 5.41) is 2.90. The lowest BCUT2D eigenvalue weighted by Crippen LogP contribution is -2.52. The number of halogens is 4. The quantitative estimate of drug-likeness (QED) is 0.175. The third-order valence-electron chi connectivity index (χ3n) is 8.45. The molecule has 4 aromatic rings. The number of carbonyl (C=O) groups is 2. The first kappa shape index (κ1) is 27.2. The molecule has 41 heavy (non-hydrogen) atoms. The summed E-state index contributed by atoms with van der Waals surface area (Å²) in [5.74, 6) is -0.540. The molecule has 212 valence electrons. The van der Waals surface area contributed by atoms with Crippen LogP contribution >= 0.6 is 0 Å². The summed E-state index contributed by atoms with van der Waals surface area (Å²) in [5.41, 5.74) is 2.38. The number of pyridine rings is 1. The van der Waals surface area contributed by atoms with Gasteiger partial charge in [-0.25, -0.2) is 9.37 Å². The Bertz CT molecular complexity index is 1670. The number of ketones is 1. The first-order chi connectivity index (χ1) is 19.4. The summed E-state index contributed by atoms with van der Waals surface area (Å²) in [7, 11) is 1.47. The van der Waals surface area contributed by atoms with E-state index in [2.05, 4.69) is 10.3 Å². The van der Waals surface area contributed by atoms with E-state index in [0.717, 1.165) is 30.9 Å². The first-order valence-corrected chi connectivity index (χ1v) is 13.6. The zero-order chi connectivity index (χ0) is 29.1. The van der Waals surface area contributed by atoms with Crippen LogP contribution in [0.2, 0.25) is 0 Å². The summed E-state index contributed by atoms with van der Waals surface area (Å²) in [6.45, 7) is 1.92. The number of Topliss-reactive ketones (excluding diaryl/α,β-unsaturated/α-hetero) is 1. The SMILES string of the molecule is CNC(=O)c1c(-c2ccc(C)cc2)oc2nc(CCC(F)(F)F)c(-c3ccc(F)c(C(=O)CC45CC(C4)C5)c3)cc12. The van der Waals surface area contributed by atoms with Crippen LogP contribution < -0.4 is 5.32 Å². The molecule has 0 radical (unpaired) electrons. The molecule has 2 bridgehead atoms. The van der Waals surface area contributed by atoms with E-state index in [4.69, 9.17) is 4.42 Å². The number of carbonyl (C=O) groups excluding carboxylic acids is 2. The molecular formula is C32H28F4N2O3. The fourth-order valence-electron chi connectivity index (χ4n) is 6.24. The average molecular weight is 565 g/mol. The highest BCUT2D eigenvalue weighted by atomic mass is 19.4. The summed E-state index contributed by atoms with van der Waals surface area (Å²) in [6, 6.07) is 12.8. The second-order valence-electron chi connectivity index (χ2n) is 11.5. The lowest BCUT2D eigenvalue weighted by molar-refractivity contribution is -0.134. The van der Waals surface area contributed by atoms with Crippen LogP contribution in [-0.4, -0.2) is 29.9 Å². The minimum atomic E-state index is -4.44. The van der Waals surface area contributed by atoms with Crippen LogP contribution in [0.1, 0.15) is 64.1 Å². The number of fused-ring (bicyclic) bond motifs is 1. The van der Waals surface area contributed by atoms with E-state index in [-0.39, 0.29) is 51.5 Å². The van der Waals surface area contributed by atoms with E-state index < -0.39 is 30.7 Å². The van der Waals surface area contributed by atoms with Gasteiger partial charge in [0.05, 0.1) is 22.2 Å². The fraction of sp³-hybridized carbons (Fsp3) is 0.344. The molecule has 9 heteroatoms. The minimum Gasteiger partial charge on any atom is -0.437 e. The number of furan rings is 1. The predicted octanol–water partition coefficient (Wildman–Crippen LogP) is 7.84. The van der Waals surface area contributed by atoms with Gasteiger partial charge in [-0.05, 0) is 67.7 Å². The molecule has 5 nitrogen and oxygen atoms in total. The highest BCUT2D eigenvalue weighted by molar-refractivity contribution is 6.11. The maximum atomic E-state index is 14.9. The Balaban J connectivity index is 1.50. The summed E-state index contributed by atoms with van der Waals surface area (Å²) in [4.78, 5) is 30.6. The van der Waals surface area contributed by atoms with Crippen LogP contribution in [0.4, 0.5) is 17.6 Å². The van der Waals surface area contributed by atoms with E-state index in [1.54, 1.807) is 18.2 Å². The Hall–Kier alpha value is -4.01. The van der Waals surface area contributed by atoms with Crippen LogP contribution in [0.25, 0.3) is 33.6 Å². The van der Waals surface area contributed by atoms with Crippen molar-refractivity contribution < 1.29 is 31.6 Å². The standard InChI is InChI=1S/C32H28F4N2O3/c1-17-3-5-19(6-4-17)28-27(29(40)37-2)23-12-21(25(38-30(23)41-28)9-10-32(34,35)36)20-7-8-24(33)22(11-20)26(39)16-31-13-18(14-31)15-31/h3-8,11-12,18H,9-10,13-16H2,1-2H3,(H,37,40). The van der Waals surface area contributed by atoms with Gasteiger partial charge < -0.3 is 9.73 Å². The maximum Gasteiger partial charge on any atom is 0.389 e. The van der Waals surface area contributed by atoms with Crippen molar-refractivity contribution in [1.82, 2.24) is 10.3 Å². The van der Waals surface area contributed by atoms with E-state index in [1.807, 2.05) is 19.1 Å². The summed E-state index contributed by atoms with van der Waals surface area (Å²) < 4.78 is 60.8. The normalized spacial score (nSPS) is 19.5. The lowest BCUT2D eigenvalue weighted by Gasteiger charge is -2.62. The Morgan fingerprint density at radius 3 is 2.34 bits per heavy atom. The van der Waals surface area contributed by atoms with Gasteiger partial charge in [-0.15, -0.1) is 0 Å². The molecule has 3 aliphatic rings. The van der Waals surface area contributed by atoms with Gasteiger partial charge >= 0.3 is 6.18 Å². The fourth-order valence-corrected chi connectivity index (χ4v) is 6.24. The highest BCUT2D eigenvalue weighted by Crippen LogP contribution is 2.66. The minimum absolute atomic E-state index is 0.0159. The third kappa shape index (κ3) is 5.02. The number of aromatic nitrogens is 1. The Morgan fingerprint density at radius 2 is 1.73 bits per heavy atom. The molecule has 1 N–H and O–H groups in total. The van der Waals surface area contributed by atoms with Crippen molar-refractivity contribution in [2.45, 2.75) is 51.6 Å². The van der Waals surface area contributed by atoms with Crippen molar-refractivity contribution in [2.75, 3.05) is 7.05 Å². The molecule has 0 spiro atoms. The molecule has 0 atom stereocenters. The molecule has 2 aromatic heterocycles. The third-order valence-corrected chi connectivity index (χ3v) is 8.45. The van der Waals surface area contributed by atoms with Gasteiger partial charge in [-0.1, -0.05) is 35.9 Å². The van der Waals surface area contributed by atoms with E-state index in [0.29, 0.717) is 22.4 Å². The van der Waals surface area contributed by atoms with Crippen molar-refractivity contribution in [3.8, 4) is 22.5 Å². The molecule has 0 saturated heterocycles. The zero-order valence-corrected chi connectivity index (χ0v) is 22.6. The second-order valence-corrected chi connectivity index (χ2v) is 11.5. The summed E-state index contributed by atoms with van der Waals surface area (Å²) >= 11 is 0. The zero-order valence-electron chi connectivity index (χ0n) is 22.6. The first-order valence-electron chi connectivity index (χ1n) is 13.6. The molecule has 1 amide bonds. The van der Waals surface area contributed by atoms with Gasteiger partial charge in [0.2, 0.25) is 5.71 Å². The number of amides is 1. The van der Waals surface area contributed by atoms with Crippen LogP contribution in [0, 0.1) is 24.1 Å². The predicted molar refractivity (Wildman–Crippen MR) is 146 cm³/mol. The number of nitrogens with one attached hydrogen (secondary N) is 1. The van der Waals surface area contributed by atoms with Gasteiger partial charge in [0.15, 0.2) is 5.78 Å². The maximum absolute atomic E-state index is 14.9. The van der Waals surface area contributed by atoms with E-state index in [9.17, 15) is 27.2 Å². The molecule has 3 aliphatic carbocycles. The van der Waals surface area contributed by atoms with Crippen LogP contribution in [-0.2, 0) is 6.42 Å². The number of aryl methyl sites for hydroxylation is 2. The molecule has 2 heterocycles. The van der Waals surface area contributed by atoms with Crippen LogP contribution in [0.3, 0.4) is 0 Å². The smallest absolute Gasteiger partial charge is 0.389 e. The molecular weight excluding hydrogens is 536 g/mol. The number of hydrogen-bond acceptors (Lipinski definition) is 4. The molecule has 2 aromatic carbocycles. The van der Waals surface area contributed by atoms with Gasteiger partial charge in [-0.3, -0.25) is 9.59 Å². The molecule has 0 aliphatic heterocycles. The summed E-state index contributed by atoms with van der Waals surface area (Å²) in [6.07, 6.45) is -2.84. The molecule has 3 fully saturated rings. The van der Waals surface area contributed by atoms with Crippen molar-refractivity contribution in [1.29, 1.82) is 0 Å². The van der Waals surface area contributed by atoms with Gasteiger partial charge in [0.25, 0.3) is 5.91 Å². The van der Waals surface area contributed by atoms with Crippen molar-refractivity contribution >= 4 is 22.8 Å². The lowest BCUT2D eigenvalue weighted by atomic mass is 9.43. The number of rotatable bonds is 8. The Labute approximate surface area is 234 Å². The largest absolute Gasteiger partial charge is 0.437 e. The molecule has 7 rings (SSSR count). The number of nitrogens with zero attached hydrogens (tertiary/aromatic N) is 1. The van der Waals surface area contributed by atoms with Crippen molar-refractivity contribution in [3.63, 3.8) is 0 Å². The van der Waals surface area contributed by atoms with Gasteiger partial charge in [0, 0.05) is 31.0 Å². The monoisotopic (exact) mass is 564 g/mol. The second kappa shape index (κ2) is 9.82. The van der Waals surface area contributed by atoms with Gasteiger partial charge in [-0.2, -0.15) is 13.2 Å². The highest BCUT2D eigenvalue weighted by Gasteiger charge is 2.57. The number of benzene rings is 2. The van der Waals surface area contributed by atoms with Crippen LogP contribution in [0.5, 0.6) is 0 Å². The Morgan fingerprint density at radius 1 is 1.05 bits per heavy atom. The number of hydrogen-bond donors (Lipinski definition) is 1. The van der Waals surface area contributed by atoms with Gasteiger partial charge in [0.1, 0.15) is 11.6 Å². The van der Waals surface area contributed by atoms with E-state index >= 15 is 0 Å². The topological polar surface area (TPSA) is 72.2 Å². The Kier molecular flexibility index (Phi) is 6.51. The van der Waals surface area contributed by atoms with Crippen LogP contribution in [0.15, 0.2) is 52.9 Å². The number of alkyl halides is 3. The molecule has 0 unspecified atom stereocenters. The average Bonchev–Trinajstić information content (AvgIpc) is 3.26. The molecule has 3 saturated carbocycles. The van der Waals surface area contributed by atoms with Crippen molar-refractivity contribution in [2.24, 2.45) is 11.3 Å².